The van der Waals surface area contributed by atoms with E-state index in [0.29, 0.717) is 36.7 Å². The van der Waals surface area contributed by atoms with Gasteiger partial charge in [0.15, 0.2) is 16.5 Å². The Hall–Kier alpha value is -2.07. The van der Waals surface area contributed by atoms with Crippen molar-refractivity contribution >= 4 is 17.3 Å². The van der Waals surface area contributed by atoms with Crippen molar-refractivity contribution in [1.29, 1.82) is 0 Å². The van der Waals surface area contributed by atoms with Crippen LogP contribution in [0.25, 0.3) is 0 Å². The highest BCUT2D eigenvalue weighted by Crippen LogP contribution is 2.35. The normalized spacial score (nSPS) is 10.3. The number of thiocarbonyl (C=S) groups is 1. The Morgan fingerprint density at radius 1 is 1.00 bits per heavy atom. The Morgan fingerprint density at radius 3 is 2.27 bits per heavy atom. The van der Waals surface area contributed by atoms with E-state index < -0.39 is 0 Å². The van der Waals surface area contributed by atoms with E-state index in [4.69, 9.17) is 21.7 Å². The number of hydrogen-bond acceptors (Lipinski definition) is 3. The highest BCUT2D eigenvalue weighted by molar-refractivity contribution is 7.80. The molecule has 2 aromatic carbocycles. The molecule has 0 bridgehead atoms. The number of aliphatic hydroxyl groups is 1. The number of ether oxygens (including phenoxy) is 2. The van der Waals surface area contributed by atoms with Crippen LogP contribution in [0.2, 0.25) is 0 Å². The van der Waals surface area contributed by atoms with Crippen LogP contribution in [0.5, 0.6) is 11.5 Å². The lowest BCUT2D eigenvalue weighted by atomic mass is 9.98. The quantitative estimate of drug-likeness (QED) is 0.773. The lowest BCUT2D eigenvalue weighted by molar-refractivity contribution is 0.285. The summed E-state index contributed by atoms with van der Waals surface area (Å²) < 4.78 is 11.4. The summed E-state index contributed by atoms with van der Waals surface area (Å²) >= 11 is 4.98. The maximum absolute atomic E-state index is 9.83. The number of rotatable bonds is 7. The van der Waals surface area contributed by atoms with E-state index in [-0.39, 0.29) is 5.05 Å². The van der Waals surface area contributed by atoms with Crippen LogP contribution in [-0.2, 0) is 6.42 Å². The van der Waals surface area contributed by atoms with Gasteiger partial charge in [0, 0.05) is 17.5 Å². The molecule has 0 atom stereocenters. The van der Waals surface area contributed by atoms with Crippen LogP contribution >= 0.6 is 12.2 Å². The van der Waals surface area contributed by atoms with Gasteiger partial charge in [-0.05, 0) is 43.8 Å². The van der Waals surface area contributed by atoms with Crippen molar-refractivity contribution in [2.75, 3.05) is 13.2 Å². The van der Waals surface area contributed by atoms with Crippen molar-refractivity contribution in [3.8, 4) is 11.5 Å². The van der Waals surface area contributed by atoms with Gasteiger partial charge in [-0.15, -0.1) is 0 Å². The van der Waals surface area contributed by atoms with Gasteiger partial charge in [0.25, 0.3) is 0 Å². The summed E-state index contributed by atoms with van der Waals surface area (Å²) in [6.07, 6.45) is 0.618. The van der Waals surface area contributed by atoms with Crippen LogP contribution in [0.1, 0.15) is 30.5 Å². The van der Waals surface area contributed by atoms with Crippen LogP contribution in [0.15, 0.2) is 42.5 Å². The standard InChI is InChI=1S/C18H20O3S/c1-3-20-16-11-10-14(18(19)22)15(17(16)21-4-2)12-13-8-6-5-7-9-13/h5-11H,3-4,12H2,1-2H3,(H,19,22). The molecule has 116 valence electrons. The van der Waals surface area contributed by atoms with Gasteiger partial charge in [-0.1, -0.05) is 30.3 Å². The van der Waals surface area contributed by atoms with Gasteiger partial charge in [0.05, 0.1) is 13.2 Å². The van der Waals surface area contributed by atoms with Gasteiger partial charge in [-0.3, -0.25) is 0 Å². The fourth-order valence-corrected chi connectivity index (χ4v) is 2.55. The van der Waals surface area contributed by atoms with Gasteiger partial charge >= 0.3 is 0 Å². The number of hydrogen-bond donors (Lipinski definition) is 1. The third-order valence-corrected chi connectivity index (χ3v) is 3.49. The smallest absolute Gasteiger partial charge is 0.189 e. The minimum absolute atomic E-state index is 0.130. The third-order valence-electron chi connectivity index (χ3n) is 3.27. The summed E-state index contributed by atoms with van der Waals surface area (Å²) in [4.78, 5) is 0. The Bertz CT molecular complexity index is 638. The topological polar surface area (TPSA) is 38.7 Å². The molecule has 0 aliphatic rings. The second-order valence-electron chi connectivity index (χ2n) is 4.75. The minimum Gasteiger partial charge on any atom is -0.499 e. The van der Waals surface area contributed by atoms with Gasteiger partial charge in [0.2, 0.25) is 0 Å². The molecule has 0 saturated heterocycles. The summed E-state index contributed by atoms with van der Waals surface area (Å²) in [7, 11) is 0. The lowest BCUT2D eigenvalue weighted by Crippen LogP contribution is -2.08. The molecule has 0 aromatic heterocycles. The molecule has 0 fully saturated rings. The summed E-state index contributed by atoms with van der Waals surface area (Å²) in [5, 5.41) is 9.70. The SMILES string of the molecule is CCOc1ccc(C(O)=S)c(Cc2ccccc2)c1OCC. The third kappa shape index (κ3) is 3.77. The molecule has 4 heteroatoms. The fraction of sp³-hybridized carbons (Fsp3) is 0.278. The monoisotopic (exact) mass is 316 g/mol. The van der Waals surface area contributed by atoms with Crippen LogP contribution in [-0.4, -0.2) is 23.4 Å². The first kappa shape index (κ1) is 16.3. The Kier molecular flexibility index (Phi) is 5.78. The van der Waals surface area contributed by atoms with E-state index in [1.165, 1.54) is 0 Å². The summed E-state index contributed by atoms with van der Waals surface area (Å²) in [5.74, 6) is 1.33. The Labute approximate surface area is 136 Å². The van der Waals surface area contributed by atoms with Crippen molar-refractivity contribution < 1.29 is 14.6 Å². The van der Waals surface area contributed by atoms with Crippen molar-refractivity contribution in [2.24, 2.45) is 0 Å². The minimum atomic E-state index is -0.130. The molecule has 0 amide bonds. The molecule has 22 heavy (non-hydrogen) atoms. The molecule has 0 radical (unpaired) electrons. The Balaban J connectivity index is 2.54. The molecule has 0 saturated carbocycles. The molecule has 0 aliphatic carbocycles. The molecule has 1 N–H and O–H groups in total. The van der Waals surface area contributed by atoms with E-state index in [1.807, 2.05) is 44.2 Å². The highest BCUT2D eigenvalue weighted by Gasteiger charge is 2.18. The Morgan fingerprint density at radius 2 is 1.68 bits per heavy atom. The van der Waals surface area contributed by atoms with E-state index in [9.17, 15) is 5.11 Å². The molecule has 3 nitrogen and oxygen atoms in total. The lowest BCUT2D eigenvalue weighted by Gasteiger charge is -2.18. The molecule has 0 aliphatic heterocycles. The molecule has 2 rings (SSSR count). The first-order valence-electron chi connectivity index (χ1n) is 7.36. The predicted octanol–water partition coefficient (Wildman–Crippen LogP) is 4.31. The fourth-order valence-electron chi connectivity index (χ4n) is 2.35. The van der Waals surface area contributed by atoms with Gasteiger partial charge in [-0.2, -0.15) is 0 Å². The van der Waals surface area contributed by atoms with E-state index >= 15 is 0 Å². The molecular formula is C18H20O3S. The molecule has 0 spiro atoms. The van der Waals surface area contributed by atoms with Crippen molar-refractivity contribution in [1.82, 2.24) is 0 Å². The number of benzene rings is 2. The van der Waals surface area contributed by atoms with E-state index in [2.05, 4.69) is 0 Å². The summed E-state index contributed by atoms with van der Waals surface area (Å²) in [5.41, 5.74) is 2.59. The molecule has 0 unspecified atom stereocenters. The predicted molar refractivity (Wildman–Crippen MR) is 92.4 cm³/mol. The van der Waals surface area contributed by atoms with Crippen LogP contribution in [0.4, 0.5) is 0 Å². The first-order chi connectivity index (χ1) is 10.7. The van der Waals surface area contributed by atoms with Crippen LogP contribution < -0.4 is 9.47 Å². The second-order valence-corrected chi connectivity index (χ2v) is 5.14. The maximum atomic E-state index is 9.83. The van der Waals surface area contributed by atoms with E-state index in [1.54, 1.807) is 12.1 Å². The van der Waals surface area contributed by atoms with Crippen LogP contribution in [0, 0.1) is 0 Å². The van der Waals surface area contributed by atoms with Gasteiger partial charge in [-0.25, -0.2) is 0 Å². The largest absolute Gasteiger partial charge is 0.499 e. The average molecular weight is 316 g/mol. The van der Waals surface area contributed by atoms with E-state index in [0.717, 1.165) is 11.1 Å². The first-order valence-corrected chi connectivity index (χ1v) is 7.76. The summed E-state index contributed by atoms with van der Waals surface area (Å²) in [6.45, 7) is 4.92. The highest BCUT2D eigenvalue weighted by atomic mass is 32.1. The van der Waals surface area contributed by atoms with Gasteiger partial charge in [0.1, 0.15) is 0 Å². The number of aliphatic hydroxyl groups excluding tert-OH is 1. The maximum Gasteiger partial charge on any atom is 0.189 e. The van der Waals surface area contributed by atoms with Crippen molar-refractivity contribution in [3.63, 3.8) is 0 Å². The van der Waals surface area contributed by atoms with Gasteiger partial charge < -0.3 is 14.6 Å². The second kappa shape index (κ2) is 7.80. The zero-order valence-corrected chi connectivity index (χ0v) is 13.7. The zero-order valence-electron chi connectivity index (χ0n) is 12.8. The van der Waals surface area contributed by atoms with Crippen LogP contribution in [0.3, 0.4) is 0 Å². The molecular weight excluding hydrogens is 296 g/mol. The molecule has 2 aromatic rings. The summed E-state index contributed by atoms with van der Waals surface area (Å²) in [6, 6.07) is 13.6. The zero-order chi connectivity index (χ0) is 15.9. The molecule has 0 heterocycles. The average Bonchev–Trinajstić information content (AvgIpc) is 2.51. The van der Waals surface area contributed by atoms with Crippen molar-refractivity contribution in [3.05, 3.63) is 59.2 Å². The van der Waals surface area contributed by atoms with Crippen molar-refractivity contribution in [2.45, 2.75) is 20.3 Å².